The summed E-state index contributed by atoms with van der Waals surface area (Å²) in [5.74, 6) is 0.495. The lowest BCUT2D eigenvalue weighted by Gasteiger charge is -2.01. The zero-order chi connectivity index (χ0) is 7.56. The minimum absolute atomic E-state index is 0.402. The molecule has 0 aromatic heterocycles. The Kier molecular flexibility index (Phi) is 2.41. The van der Waals surface area contributed by atoms with Gasteiger partial charge in [0.05, 0.1) is 5.02 Å². The van der Waals surface area contributed by atoms with E-state index in [0.29, 0.717) is 15.8 Å². The third kappa shape index (κ3) is 1.36. The van der Waals surface area contributed by atoms with Gasteiger partial charge in [0.25, 0.3) is 0 Å². The molecule has 0 aliphatic heterocycles. The first-order valence-corrected chi connectivity index (χ1v) is 3.37. The van der Waals surface area contributed by atoms with Crippen LogP contribution in [-0.4, -0.2) is 0 Å². The highest BCUT2D eigenvalue weighted by atomic mass is 35.5. The van der Waals surface area contributed by atoms with Gasteiger partial charge in [0.1, 0.15) is 17.9 Å². The zero-order valence-corrected chi connectivity index (χ0v) is 6.62. The molecule has 0 aliphatic carbocycles. The Morgan fingerprint density at radius 3 is 2.50 bits per heavy atom. The van der Waals surface area contributed by atoms with E-state index in [2.05, 4.69) is 11.8 Å². The van der Waals surface area contributed by atoms with Crippen LogP contribution < -0.4 is 4.74 Å². The van der Waals surface area contributed by atoms with Crippen molar-refractivity contribution in [3.8, 4) is 5.75 Å². The molecule has 0 atom stereocenters. The average molecular weight is 176 g/mol. The van der Waals surface area contributed by atoms with Crippen molar-refractivity contribution < 1.29 is 4.74 Å². The molecule has 1 rings (SSSR count). The summed E-state index contributed by atoms with van der Waals surface area (Å²) < 4.78 is 4.66. The molecule has 0 heterocycles. The molecule has 3 heteroatoms. The molecular weight excluding hydrogens is 171 g/mol. The van der Waals surface area contributed by atoms with E-state index in [1.54, 1.807) is 18.2 Å². The van der Waals surface area contributed by atoms with Gasteiger partial charge in [-0.3, -0.25) is 0 Å². The third-order valence-corrected chi connectivity index (χ3v) is 1.87. The van der Waals surface area contributed by atoms with Gasteiger partial charge in [0.15, 0.2) is 0 Å². The van der Waals surface area contributed by atoms with Gasteiger partial charge in [-0.25, -0.2) is 0 Å². The maximum Gasteiger partial charge on any atom is 0.139 e. The van der Waals surface area contributed by atoms with Gasteiger partial charge < -0.3 is 4.74 Å². The summed E-state index contributed by atoms with van der Waals surface area (Å²) in [5, 5.41) is 0.877. The monoisotopic (exact) mass is 175 g/mol. The van der Waals surface area contributed by atoms with Crippen LogP contribution in [0.5, 0.6) is 5.75 Å². The van der Waals surface area contributed by atoms with E-state index in [1.165, 1.54) is 0 Å². The maximum absolute atomic E-state index is 5.70. The van der Waals surface area contributed by atoms with E-state index in [-0.39, 0.29) is 0 Å². The fourth-order valence-electron chi connectivity index (χ4n) is 0.595. The minimum Gasteiger partial charge on any atom is -0.488 e. The van der Waals surface area contributed by atoms with Crippen molar-refractivity contribution in [1.29, 1.82) is 0 Å². The summed E-state index contributed by atoms with van der Waals surface area (Å²) in [5.41, 5.74) is 0. The van der Waals surface area contributed by atoms with Crippen LogP contribution in [0, 0.1) is 7.11 Å². The van der Waals surface area contributed by atoms with E-state index < -0.39 is 0 Å². The SMILES string of the molecule is [CH2]Oc1cccc(Cl)c1Cl. The Balaban J connectivity index is 3.14. The first kappa shape index (κ1) is 7.70. The fourth-order valence-corrected chi connectivity index (χ4v) is 0.942. The van der Waals surface area contributed by atoms with Crippen LogP contribution in [0.2, 0.25) is 10.0 Å². The average Bonchev–Trinajstić information content (AvgIpc) is 1.95. The van der Waals surface area contributed by atoms with Crippen molar-refractivity contribution >= 4 is 23.2 Å². The molecule has 1 radical (unpaired) electrons. The predicted octanol–water partition coefficient (Wildman–Crippen LogP) is 3.16. The summed E-state index contributed by atoms with van der Waals surface area (Å²) in [6, 6.07) is 5.13. The minimum atomic E-state index is 0.402. The number of ether oxygens (including phenoxy) is 1. The number of hydrogen-bond acceptors (Lipinski definition) is 1. The van der Waals surface area contributed by atoms with Crippen molar-refractivity contribution in [3.63, 3.8) is 0 Å². The Morgan fingerprint density at radius 1 is 1.30 bits per heavy atom. The van der Waals surface area contributed by atoms with Crippen molar-refractivity contribution in [2.45, 2.75) is 0 Å². The van der Waals surface area contributed by atoms with Crippen molar-refractivity contribution in [2.24, 2.45) is 0 Å². The van der Waals surface area contributed by atoms with Crippen molar-refractivity contribution in [1.82, 2.24) is 0 Å². The highest BCUT2D eigenvalue weighted by Gasteiger charge is 2.01. The van der Waals surface area contributed by atoms with E-state index in [4.69, 9.17) is 23.2 Å². The van der Waals surface area contributed by atoms with Crippen molar-refractivity contribution in [3.05, 3.63) is 35.4 Å². The fraction of sp³-hybridized carbons (Fsp3) is 0. The second-order valence-electron chi connectivity index (χ2n) is 1.70. The summed E-state index contributed by atoms with van der Waals surface area (Å²) in [7, 11) is 3.21. The summed E-state index contributed by atoms with van der Waals surface area (Å²) in [4.78, 5) is 0. The molecule has 0 spiro atoms. The topological polar surface area (TPSA) is 9.23 Å². The normalized spacial score (nSPS) is 9.50. The lowest BCUT2D eigenvalue weighted by Crippen LogP contribution is -1.79. The van der Waals surface area contributed by atoms with E-state index >= 15 is 0 Å². The van der Waals surface area contributed by atoms with Crippen LogP contribution in [-0.2, 0) is 0 Å². The van der Waals surface area contributed by atoms with Gasteiger partial charge in [-0.15, -0.1) is 0 Å². The van der Waals surface area contributed by atoms with E-state index in [1.807, 2.05) is 0 Å². The maximum atomic E-state index is 5.70. The number of benzene rings is 1. The quantitative estimate of drug-likeness (QED) is 0.638. The molecule has 0 saturated carbocycles. The first-order chi connectivity index (χ1) is 4.75. The highest BCUT2D eigenvalue weighted by Crippen LogP contribution is 2.30. The Bertz CT molecular complexity index is 235. The Hall–Kier alpha value is -0.400. The summed E-state index contributed by atoms with van der Waals surface area (Å²) in [6.45, 7) is 0. The van der Waals surface area contributed by atoms with Crippen LogP contribution in [0.15, 0.2) is 18.2 Å². The molecule has 1 nitrogen and oxygen atoms in total. The molecule has 0 aliphatic rings. The largest absolute Gasteiger partial charge is 0.488 e. The molecule has 10 heavy (non-hydrogen) atoms. The van der Waals surface area contributed by atoms with Crippen LogP contribution >= 0.6 is 23.2 Å². The molecule has 0 saturated heterocycles. The van der Waals surface area contributed by atoms with E-state index in [9.17, 15) is 0 Å². The second-order valence-corrected chi connectivity index (χ2v) is 2.48. The molecule has 53 valence electrons. The number of hydrogen-bond donors (Lipinski definition) is 0. The van der Waals surface area contributed by atoms with Gasteiger partial charge in [-0.2, -0.15) is 0 Å². The predicted molar refractivity (Wildman–Crippen MR) is 42.4 cm³/mol. The molecular formula is C7H5Cl2O. The van der Waals surface area contributed by atoms with Gasteiger partial charge in [0, 0.05) is 0 Å². The molecule has 0 fully saturated rings. The van der Waals surface area contributed by atoms with Gasteiger partial charge in [0.2, 0.25) is 0 Å². The van der Waals surface area contributed by atoms with Crippen LogP contribution in [0.4, 0.5) is 0 Å². The molecule has 1 aromatic rings. The smallest absolute Gasteiger partial charge is 0.139 e. The van der Waals surface area contributed by atoms with Crippen molar-refractivity contribution in [2.75, 3.05) is 0 Å². The first-order valence-electron chi connectivity index (χ1n) is 2.61. The Morgan fingerprint density at radius 2 is 2.00 bits per heavy atom. The summed E-state index contributed by atoms with van der Waals surface area (Å²) in [6.07, 6.45) is 0. The third-order valence-electron chi connectivity index (χ3n) is 1.07. The highest BCUT2D eigenvalue weighted by molar-refractivity contribution is 6.42. The second kappa shape index (κ2) is 3.13. The molecule has 0 amide bonds. The molecule has 1 aromatic carbocycles. The standard InChI is InChI=1S/C7H5Cl2O/c1-10-6-4-2-3-5(8)7(6)9/h2-4H,1H2. The zero-order valence-electron chi connectivity index (χ0n) is 5.10. The number of rotatable bonds is 1. The number of halogens is 2. The van der Waals surface area contributed by atoms with Crippen LogP contribution in [0.1, 0.15) is 0 Å². The molecule has 0 bridgehead atoms. The summed E-state index contributed by atoms with van der Waals surface area (Å²) >= 11 is 11.3. The lowest BCUT2D eigenvalue weighted by molar-refractivity contribution is 0.473. The van der Waals surface area contributed by atoms with Gasteiger partial charge in [-0.05, 0) is 12.1 Å². The molecule has 0 unspecified atom stereocenters. The van der Waals surface area contributed by atoms with Gasteiger partial charge >= 0.3 is 0 Å². The molecule has 0 N–H and O–H groups in total. The van der Waals surface area contributed by atoms with E-state index in [0.717, 1.165) is 0 Å². The lowest BCUT2D eigenvalue weighted by atomic mass is 10.3. The van der Waals surface area contributed by atoms with Gasteiger partial charge in [-0.1, -0.05) is 29.3 Å². The van der Waals surface area contributed by atoms with Crippen LogP contribution in [0.3, 0.4) is 0 Å². The van der Waals surface area contributed by atoms with Crippen LogP contribution in [0.25, 0.3) is 0 Å². The Labute approximate surface area is 69.5 Å².